The fourth-order valence-corrected chi connectivity index (χ4v) is 1.43. The number of aromatic nitrogens is 2. The number of rotatable bonds is 2. The van der Waals surface area contributed by atoms with E-state index in [0.29, 0.717) is 16.9 Å². The van der Waals surface area contributed by atoms with Crippen LogP contribution in [0.15, 0.2) is 30.5 Å². The molecular formula is C11H10FN3O. The monoisotopic (exact) mass is 219 g/mol. The van der Waals surface area contributed by atoms with Gasteiger partial charge in [-0.15, -0.1) is 0 Å². The zero-order valence-electron chi connectivity index (χ0n) is 8.64. The van der Waals surface area contributed by atoms with E-state index in [4.69, 9.17) is 5.73 Å². The second-order valence-corrected chi connectivity index (χ2v) is 3.41. The minimum absolute atomic E-state index is 0.317. The van der Waals surface area contributed by atoms with Gasteiger partial charge < -0.3 is 5.73 Å². The van der Waals surface area contributed by atoms with Crippen molar-refractivity contribution < 1.29 is 9.18 Å². The SMILES string of the molecule is Cc1nn(-c2ccc(F)cc2)cc1C(N)=O. The predicted molar refractivity (Wildman–Crippen MR) is 56.8 cm³/mol. The summed E-state index contributed by atoms with van der Waals surface area (Å²) >= 11 is 0. The number of aryl methyl sites for hydroxylation is 1. The number of benzene rings is 1. The molecule has 1 aromatic carbocycles. The van der Waals surface area contributed by atoms with Crippen LogP contribution in [0.3, 0.4) is 0 Å². The molecule has 2 aromatic rings. The topological polar surface area (TPSA) is 60.9 Å². The van der Waals surface area contributed by atoms with Gasteiger partial charge in [0.2, 0.25) is 0 Å². The number of hydrogen-bond donors (Lipinski definition) is 1. The number of amides is 1. The lowest BCUT2D eigenvalue weighted by molar-refractivity contribution is 0.0999. The molecule has 0 fully saturated rings. The lowest BCUT2D eigenvalue weighted by Crippen LogP contribution is -2.11. The first-order valence-corrected chi connectivity index (χ1v) is 4.70. The van der Waals surface area contributed by atoms with Crippen LogP contribution in [0.25, 0.3) is 5.69 Å². The molecule has 0 spiro atoms. The number of nitrogens with two attached hydrogens (primary N) is 1. The fraction of sp³-hybridized carbons (Fsp3) is 0.0909. The van der Waals surface area contributed by atoms with Crippen LogP contribution in [0.2, 0.25) is 0 Å². The zero-order chi connectivity index (χ0) is 11.7. The molecule has 0 unspecified atom stereocenters. The quantitative estimate of drug-likeness (QED) is 0.830. The van der Waals surface area contributed by atoms with Crippen LogP contribution >= 0.6 is 0 Å². The summed E-state index contributed by atoms with van der Waals surface area (Å²) in [5.41, 5.74) is 6.77. The summed E-state index contributed by atoms with van der Waals surface area (Å²) in [6.07, 6.45) is 1.53. The molecule has 5 heteroatoms. The molecule has 1 amide bonds. The second kappa shape index (κ2) is 3.77. The summed E-state index contributed by atoms with van der Waals surface area (Å²) in [6.45, 7) is 1.69. The van der Waals surface area contributed by atoms with Crippen molar-refractivity contribution in [3.8, 4) is 5.69 Å². The molecule has 0 aliphatic carbocycles. The number of carbonyl (C=O) groups excluding carboxylic acids is 1. The summed E-state index contributed by atoms with van der Waals surface area (Å²) in [5.74, 6) is -0.839. The molecule has 0 aliphatic heterocycles. The van der Waals surface area contributed by atoms with Crippen LogP contribution in [0.5, 0.6) is 0 Å². The Morgan fingerprint density at radius 1 is 1.38 bits per heavy atom. The zero-order valence-corrected chi connectivity index (χ0v) is 8.64. The highest BCUT2D eigenvalue weighted by molar-refractivity contribution is 5.93. The first-order chi connectivity index (χ1) is 7.58. The molecule has 16 heavy (non-hydrogen) atoms. The van der Waals surface area contributed by atoms with E-state index in [1.54, 1.807) is 19.1 Å². The summed E-state index contributed by atoms with van der Waals surface area (Å²) < 4.78 is 14.2. The Hall–Kier alpha value is -2.17. The number of primary amides is 1. The van der Waals surface area contributed by atoms with Crippen molar-refractivity contribution in [1.29, 1.82) is 0 Å². The van der Waals surface area contributed by atoms with Gasteiger partial charge in [0.1, 0.15) is 5.82 Å². The summed E-state index contributed by atoms with van der Waals surface area (Å²) in [5, 5.41) is 4.13. The summed E-state index contributed by atoms with van der Waals surface area (Å²) in [4.78, 5) is 11.0. The second-order valence-electron chi connectivity index (χ2n) is 3.41. The van der Waals surface area contributed by atoms with Crippen LogP contribution in [0, 0.1) is 12.7 Å². The third-order valence-electron chi connectivity index (χ3n) is 2.26. The standard InChI is InChI=1S/C11H10FN3O/c1-7-10(11(13)16)6-15(14-7)9-4-2-8(12)3-5-9/h2-6H,1H3,(H2,13,16). The first kappa shape index (κ1) is 10.4. The highest BCUT2D eigenvalue weighted by Gasteiger charge is 2.10. The molecule has 0 saturated heterocycles. The molecule has 0 bridgehead atoms. The van der Waals surface area contributed by atoms with Gasteiger partial charge in [-0.3, -0.25) is 4.79 Å². The Bertz CT molecular complexity index is 531. The van der Waals surface area contributed by atoms with Gasteiger partial charge in [0, 0.05) is 6.20 Å². The van der Waals surface area contributed by atoms with Gasteiger partial charge in [-0.1, -0.05) is 0 Å². The van der Waals surface area contributed by atoms with E-state index in [1.807, 2.05) is 0 Å². The normalized spacial score (nSPS) is 10.4. The summed E-state index contributed by atoms with van der Waals surface area (Å²) in [7, 11) is 0. The number of carbonyl (C=O) groups is 1. The first-order valence-electron chi connectivity index (χ1n) is 4.70. The minimum atomic E-state index is -0.522. The van der Waals surface area contributed by atoms with Gasteiger partial charge in [0.25, 0.3) is 5.91 Å². The van der Waals surface area contributed by atoms with E-state index >= 15 is 0 Å². The molecule has 0 radical (unpaired) electrons. The highest BCUT2D eigenvalue weighted by atomic mass is 19.1. The van der Waals surface area contributed by atoms with Gasteiger partial charge in [-0.2, -0.15) is 5.10 Å². The van der Waals surface area contributed by atoms with E-state index < -0.39 is 5.91 Å². The van der Waals surface area contributed by atoms with Gasteiger partial charge in [-0.05, 0) is 31.2 Å². The fourth-order valence-electron chi connectivity index (χ4n) is 1.43. The van der Waals surface area contributed by atoms with Gasteiger partial charge >= 0.3 is 0 Å². The Kier molecular flexibility index (Phi) is 2.44. The van der Waals surface area contributed by atoms with E-state index in [2.05, 4.69) is 5.10 Å². The van der Waals surface area contributed by atoms with Crippen molar-refractivity contribution in [2.45, 2.75) is 6.92 Å². The molecule has 2 rings (SSSR count). The highest BCUT2D eigenvalue weighted by Crippen LogP contribution is 2.12. The molecule has 0 atom stereocenters. The Balaban J connectivity index is 2.45. The van der Waals surface area contributed by atoms with E-state index in [0.717, 1.165) is 0 Å². The minimum Gasteiger partial charge on any atom is -0.365 e. The van der Waals surface area contributed by atoms with Crippen LogP contribution in [0.4, 0.5) is 4.39 Å². The number of nitrogens with zero attached hydrogens (tertiary/aromatic N) is 2. The van der Waals surface area contributed by atoms with E-state index in [-0.39, 0.29) is 5.82 Å². The Morgan fingerprint density at radius 3 is 2.50 bits per heavy atom. The molecule has 1 heterocycles. The molecular weight excluding hydrogens is 209 g/mol. The maximum absolute atomic E-state index is 12.7. The van der Waals surface area contributed by atoms with Crippen LogP contribution in [-0.4, -0.2) is 15.7 Å². The maximum atomic E-state index is 12.7. The smallest absolute Gasteiger partial charge is 0.252 e. The average molecular weight is 219 g/mol. The van der Waals surface area contributed by atoms with E-state index in [9.17, 15) is 9.18 Å². The van der Waals surface area contributed by atoms with Crippen molar-refractivity contribution in [3.05, 3.63) is 47.5 Å². The van der Waals surface area contributed by atoms with Crippen molar-refractivity contribution in [1.82, 2.24) is 9.78 Å². The van der Waals surface area contributed by atoms with Crippen molar-refractivity contribution in [3.63, 3.8) is 0 Å². The molecule has 2 N–H and O–H groups in total. The van der Waals surface area contributed by atoms with E-state index in [1.165, 1.54) is 23.0 Å². The molecule has 0 saturated carbocycles. The van der Waals surface area contributed by atoms with Crippen LogP contribution in [-0.2, 0) is 0 Å². The van der Waals surface area contributed by atoms with Crippen molar-refractivity contribution in [2.75, 3.05) is 0 Å². The third-order valence-corrected chi connectivity index (χ3v) is 2.26. The van der Waals surface area contributed by atoms with Crippen molar-refractivity contribution in [2.24, 2.45) is 5.73 Å². The number of halogens is 1. The Morgan fingerprint density at radius 2 is 2.00 bits per heavy atom. The predicted octanol–water partition coefficient (Wildman–Crippen LogP) is 1.42. The lowest BCUT2D eigenvalue weighted by Gasteiger charge is -1.99. The Labute approximate surface area is 91.5 Å². The van der Waals surface area contributed by atoms with Gasteiger partial charge in [0.15, 0.2) is 0 Å². The largest absolute Gasteiger partial charge is 0.365 e. The van der Waals surface area contributed by atoms with Gasteiger partial charge in [-0.25, -0.2) is 9.07 Å². The van der Waals surface area contributed by atoms with Crippen LogP contribution in [0.1, 0.15) is 16.1 Å². The summed E-state index contributed by atoms with van der Waals surface area (Å²) in [6, 6.07) is 5.81. The van der Waals surface area contributed by atoms with Gasteiger partial charge in [0.05, 0.1) is 16.9 Å². The molecule has 4 nitrogen and oxygen atoms in total. The number of hydrogen-bond acceptors (Lipinski definition) is 2. The molecule has 82 valence electrons. The molecule has 0 aliphatic rings. The maximum Gasteiger partial charge on any atom is 0.252 e. The molecule has 1 aromatic heterocycles. The van der Waals surface area contributed by atoms with Crippen molar-refractivity contribution >= 4 is 5.91 Å². The lowest BCUT2D eigenvalue weighted by atomic mass is 10.2. The third kappa shape index (κ3) is 1.79. The average Bonchev–Trinajstić information content (AvgIpc) is 2.61. The van der Waals surface area contributed by atoms with Crippen LogP contribution < -0.4 is 5.73 Å².